The molecule has 0 saturated carbocycles. The summed E-state index contributed by atoms with van der Waals surface area (Å²) >= 11 is 3.31. The van der Waals surface area contributed by atoms with Crippen molar-refractivity contribution in [2.24, 2.45) is 0 Å². The van der Waals surface area contributed by atoms with Crippen LogP contribution in [0.4, 0.5) is 5.69 Å². The standard InChI is InChI=1S/C18H14BrN3O3/c19-11-5-7-12(8-6-11)22-16(23)10-21-18(25)14-9-20-15-4-2-1-3-13(15)17(14)24/h1-9H,10H2,(H,20,24)(H,21,25)(H,22,23). The molecule has 3 N–H and O–H groups in total. The lowest BCUT2D eigenvalue weighted by molar-refractivity contribution is -0.115. The number of pyridine rings is 1. The summed E-state index contributed by atoms with van der Waals surface area (Å²) in [5, 5.41) is 5.54. The highest BCUT2D eigenvalue weighted by atomic mass is 79.9. The molecule has 0 aliphatic rings. The largest absolute Gasteiger partial charge is 0.360 e. The van der Waals surface area contributed by atoms with Gasteiger partial charge in [-0.3, -0.25) is 14.4 Å². The fourth-order valence-corrected chi connectivity index (χ4v) is 2.59. The third kappa shape index (κ3) is 3.95. The maximum absolute atomic E-state index is 12.4. The first-order chi connectivity index (χ1) is 12.0. The summed E-state index contributed by atoms with van der Waals surface area (Å²) < 4.78 is 0.898. The number of aromatic amines is 1. The summed E-state index contributed by atoms with van der Waals surface area (Å²) in [5.41, 5.74) is 0.860. The van der Waals surface area contributed by atoms with Gasteiger partial charge in [-0.2, -0.15) is 0 Å². The van der Waals surface area contributed by atoms with Crippen LogP contribution in [0.3, 0.4) is 0 Å². The summed E-state index contributed by atoms with van der Waals surface area (Å²) in [7, 11) is 0. The van der Waals surface area contributed by atoms with E-state index in [1.54, 1.807) is 48.5 Å². The van der Waals surface area contributed by atoms with Crippen molar-refractivity contribution in [3.8, 4) is 0 Å². The molecule has 0 saturated heterocycles. The van der Waals surface area contributed by atoms with E-state index < -0.39 is 5.91 Å². The Bertz CT molecular complexity index is 996. The molecule has 2 aromatic carbocycles. The highest BCUT2D eigenvalue weighted by Crippen LogP contribution is 2.13. The molecule has 0 bridgehead atoms. The van der Waals surface area contributed by atoms with Crippen molar-refractivity contribution in [2.75, 3.05) is 11.9 Å². The van der Waals surface area contributed by atoms with Crippen LogP contribution in [0.2, 0.25) is 0 Å². The van der Waals surface area contributed by atoms with Gasteiger partial charge >= 0.3 is 0 Å². The number of amides is 2. The first-order valence-corrected chi connectivity index (χ1v) is 8.28. The smallest absolute Gasteiger partial charge is 0.257 e. The average molecular weight is 400 g/mol. The van der Waals surface area contributed by atoms with Crippen LogP contribution in [-0.4, -0.2) is 23.3 Å². The van der Waals surface area contributed by atoms with Crippen LogP contribution in [-0.2, 0) is 4.79 Å². The monoisotopic (exact) mass is 399 g/mol. The molecular weight excluding hydrogens is 386 g/mol. The summed E-state index contributed by atoms with van der Waals surface area (Å²) in [6.45, 7) is -0.235. The highest BCUT2D eigenvalue weighted by molar-refractivity contribution is 9.10. The number of para-hydroxylation sites is 1. The fourth-order valence-electron chi connectivity index (χ4n) is 2.33. The van der Waals surface area contributed by atoms with Crippen molar-refractivity contribution in [3.05, 3.63) is 75.0 Å². The number of H-pyrrole nitrogens is 1. The van der Waals surface area contributed by atoms with Gasteiger partial charge in [0.2, 0.25) is 11.3 Å². The van der Waals surface area contributed by atoms with Crippen LogP contribution in [0.25, 0.3) is 10.9 Å². The van der Waals surface area contributed by atoms with Crippen LogP contribution in [0.1, 0.15) is 10.4 Å². The van der Waals surface area contributed by atoms with Gasteiger partial charge in [0.25, 0.3) is 5.91 Å². The van der Waals surface area contributed by atoms with E-state index in [-0.39, 0.29) is 23.4 Å². The van der Waals surface area contributed by atoms with E-state index in [0.717, 1.165) is 4.47 Å². The normalized spacial score (nSPS) is 10.4. The van der Waals surface area contributed by atoms with Gasteiger partial charge in [0, 0.05) is 27.3 Å². The average Bonchev–Trinajstić information content (AvgIpc) is 2.62. The molecule has 6 nitrogen and oxygen atoms in total. The Morgan fingerprint density at radius 1 is 1.04 bits per heavy atom. The van der Waals surface area contributed by atoms with E-state index in [0.29, 0.717) is 16.6 Å². The minimum Gasteiger partial charge on any atom is -0.360 e. The summed E-state index contributed by atoms with van der Waals surface area (Å²) in [4.78, 5) is 39.4. The van der Waals surface area contributed by atoms with Gasteiger partial charge in [0.05, 0.1) is 6.54 Å². The van der Waals surface area contributed by atoms with Gasteiger partial charge in [-0.15, -0.1) is 0 Å². The van der Waals surface area contributed by atoms with Crippen LogP contribution in [0, 0.1) is 0 Å². The molecule has 1 heterocycles. The first kappa shape index (κ1) is 16.9. The number of aromatic nitrogens is 1. The number of hydrogen-bond acceptors (Lipinski definition) is 3. The topological polar surface area (TPSA) is 91.1 Å². The van der Waals surface area contributed by atoms with Crippen molar-refractivity contribution >= 4 is 44.3 Å². The van der Waals surface area contributed by atoms with Gasteiger partial charge in [-0.25, -0.2) is 0 Å². The van der Waals surface area contributed by atoms with E-state index >= 15 is 0 Å². The zero-order valence-corrected chi connectivity index (χ0v) is 14.6. The third-order valence-electron chi connectivity index (χ3n) is 3.57. The Morgan fingerprint density at radius 3 is 2.52 bits per heavy atom. The summed E-state index contributed by atoms with van der Waals surface area (Å²) in [5.74, 6) is -0.981. The highest BCUT2D eigenvalue weighted by Gasteiger charge is 2.13. The van der Waals surface area contributed by atoms with Crippen molar-refractivity contribution in [2.45, 2.75) is 0 Å². The molecule has 0 atom stereocenters. The number of fused-ring (bicyclic) bond motifs is 1. The van der Waals surface area contributed by atoms with Crippen molar-refractivity contribution in [1.82, 2.24) is 10.3 Å². The number of nitrogens with one attached hydrogen (secondary N) is 3. The number of rotatable bonds is 4. The SMILES string of the molecule is O=C(CNC(=O)c1c[nH]c2ccccc2c1=O)Nc1ccc(Br)cc1. The lowest BCUT2D eigenvalue weighted by atomic mass is 10.1. The second-order valence-corrected chi connectivity index (χ2v) is 6.23. The number of carbonyl (C=O) groups is 2. The molecular formula is C18H14BrN3O3. The second kappa shape index (κ2) is 7.31. The lowest BCUT2D eigenvalue weighted by Gasteiger charge is -2.07. The maximum Gasteiger partial charge on any atom is 0.257 e. The molecule has 3 rings (SSSR count). The minimum absolute atomic E-state index is 0.0323. The van der Waals surface area contributed by atoms with Crippen molar-refractivity contribution in [1.29, 1.82) is 0 Å². The van der Waals surface area contributed by atoms with E-state index in [4.69, 9.17) is 0 Å². The zero-order chi connectivity index (χ0) is 17.8. The van der Waals surface area contributed by atoms with Crippen LogP contribution in [0.5, 0.6) is 0 Å². The quantitative estimate of drug-likeness (QED) is 0.629. The maximum atomic E-state index is 12.4. The lowest BCUT2D eigenvalue weighted by Crippen LogP contribution is -2.35. The van der Waals surface area contributed by atoms with E-state index in [1.165, 1.54) is 6.20 Å². The van der Waals surface area contributed by atoms with E-state index in [9.17, 15) is 14.4 Å². The molecule has 0 radical (unpaired) electrons. The zero-order valence-electron chi connectivity index (χ0n) is 13.0. The predicted molar refractivity (Wildman–Crippen MR) is 99.7 cm³/mol. The molecule has 0 aliphatic carbocycles. The number of benzene rings is 2. The molecule has 7 heteroatoms. The molecule has 0 unspecified atom stereocenters. The molecule has 3 aromatic rings. The fraction of sp³-hybridized carbons (Fsp3) is 0.0556. The Balaban J connectivity index is 1.66. The van der Waals surface area contributed by atoms with Gasteiger partial charge < -0.3 is 15.6 Å². The molecule has 1 aromatic heterocycles. The molecule has 0 spiro atoms. The molecule has 0 aliphatic heterocycles. The third-order valence-corrected chi connectivity index (χ3v) is 4.10. The predicted octanol–water partition coefficient (Wildman–Crippen LogP) is 2.66. The Morgan fingerprint density at radius 2 is 1.76 bits per heavy atom. The second-order valence-electron chi connectivity index (χ2n) is 5.31. The van der Waals surface area contributed by atoms with Crippen LogP contribution in [0.15, 0.2) is 64.0 Å². The van der Waals surface area contributed by atoms with Crippen LogP contribution >= 0.6 is 15.9 Å². The van der Waals surface area contributed by atoms with Gasteiger partial charge in [0.15, 0.2) is 0 Å². The number of carbonyl (C=O) groups excluding carboxylic acids is 2. The van der Waals surface area contributed by atoms with E-state index in [2.05, 4.69) is 31.5 Å². The Labute approximate surface area is 151 Å². The Hall–Kier alpha value is -2.93. The number of hydrogen-bond donors (Lipinski definition) is 3. The molecule has 0 fully saturated rings. The summed E-state index contributed by atoms with van der Waals surface area (Å²) in [6.07, 6.45) is 1.35. The first-order valence-electron chi connectivity index (χ1n) is 7.48. The molecule has 25 heavy (non-hydrogen) atoms. The Kier molecular flexibility index (Phi) is 4.95. The number of halogens is 1. The molecule has 126 valence electrons. The van der Waals surface area contributed by atoms with E-state index in [1.807, 2.05) is 0 Å². The summed E-state index contributed by atoms with van der Waals surface area (Å²) in [6, 6.07) is 14.0. The van der Waals surface area contributed by atoms with Crippen LogP contribution < -0.4 is 16.1 Å². The van der Waals surface area contributed by atoms with Gasteiger partial charge in [-0.1, -0.05) is 28.1 Å². The van der Waals surface area contributed by atoms with Gasteiger partial charge in [-0.05, 0) is 36.4 Å². The van der Waals surface area contributed by atoms with Gasteiger partial charge in [0.1, 0.15) is 5.56 Å². The van der Waals surface area contributed by atoms with Crippen molar-refractivity contribution in [3.63, 3.8) is 0 Å². The minimum atomic E-state index is -0.599. The van der Waals surface area contributed by atoms with Crippen molar-refractivity contribution < 1.29 is 9.59 Å². The number of anilines is 1. The molecule has 2 amide bonds.